The fourth-order valence-electron chi connectivity index (χ4n) is 3.26. The van der Waals surface area contributed by atoms with Crippen molar-refractivity contribution in [1.29, 1.82) is 0 Å². The first kappa shape index (κ1) is 19.2. The molecule has 0 aromatic heterocycles. The van der Waals surface area contributed by atoms with Crippen LogP contribution in [-0.4, -0.2) is 43.8 Å². The number of aryl methyl sites for hydroxylation is 1. The number of fused-ring (bicyclic) bond motifs is 1. The van der Waals surface area contributed by atoms with Crippen LogP contribution in [0.2, 0.25) is 0 Å². The van der Waals surface area contributed by atoms with Crippen molar-refractivity contribution in [2.24, 2.45) is 0 Å². The Hall–Kier alpha value is -2.53. The number of carbonyl (C=O) groups is 1. The minimum atomic E-state index is -0.00653. The van der Waals surface area contributed by atoms with Crippen LogP contribution in [0, 0.1) is 0 Å². The van der Waals surface area contributed by atoms with Gasteiger partial charge in [-0.2, -0.15) is 0 Å². The summed E-state index contributed by atoms with van der Waals surface area (Å²) in [6.07, 6.45) is 1.82. The molecule has 144 valence electrons. The molecule has 0 saturated carbocycles. The molecule has 1 aliphatic heterocycles. The number of amides is 1. The van der Waals surface area contributed by atoms with Crippen LogP contribution in [0.4, 0.5) is 0 Å². The molecule has 5 heteroatoms. The lowest BCUT2D eigenvalue weighted by Gasteiger charge is -2.30. The SMILES string of the molecule is COCC(=O)N(Cc1ccc2c(c1)OCCO2)[C@H](C)CCc1ccccc1. The highest BCUT2D eigenvalue weighted by Gasteiger charge is 2.21. The second kappa shape index (κ2) is 9.42. The average molecular weight is 369 g/mol. The van der Waals surface area contributed by atoms with Crippen molar-refractivity contribution in [3.05, 3.63) is 59.7 Å². The zero-order valence-electron chi connectivity index (χ0n) is 16.0. The third-order valence-electron chi connectivity index (χ3n) is 4.77. The maximum Gasteiger partial charge on any atom is 0.249 e. The molecule has 0 unspecified atom stereocenters. The number of methoxy groups -OCH3 is 1. The quantitative estimate of drug-likeness (QED) is 0.715. The Morgan fingerprint density at radius 3 is 2.56 bits per heavy atom. The van der Waals surface area contributed by atoms with Crippen molar-refractivity contribution in [3.8, 4) is 11.5 Å². The maximum absolute atomic E-state index is 12.6. The molecule has 2 aromatic rings. The molecule has 0 saturated heterocycles. The summed E-state index contributed by atoms with van der Waals surface area (Å²) in [5.41, 5.74) is 2.30. The van der Waals surface area contributed by atoms with Crippen molar-refractivity contribution in [2.75, 3.05) is 26.9 Å². The van der Waals surface area contributed by atoms with Gasteiger partial charge >= 0.3 is 0 Å². The van der Waals surface area contributed by atoms with E-state index in [4.69, 9.17) is 14.2 Å². The van der Waals surface area contributed by atoms with E-state index < -0.39 is 0 Å². The van der Waals surface area contributed by atoms with E-state index in [2.05, 4.69) is 19.1 Å². The summed E-state index contributed by atoms with van der Waals surface area (Å²) in [5, 5.41) is 0. The van der Waals surface area contributed by atoms with Gasteiger partial charge in [0.25, 0.3) is 0 Å². The number of rotatable bonds is 8. The summed E-state index contributed by atoms with van der Waals surface area (Å²) in [6.45, 7) is 3.82. The van der Waals surface area contributed by atoms with Gasteiger partial charge in [-0.25, -0.2) is 0 Å². The molecule has 0 spiro atoms. The number of hydrogen-bond donors (Lipinski definition) is 0. The molecule has 0 radical (unpaired) electrons. The van der Waals surface area contributed by atoms with E-state index in [1.54, 1.807) is 7.11 Å². The minimum Gasteiger partial charge on any atom is -0.486 e. The predicted octanol–water partition coefficient (Wildman–Crippen LogP) is 3.45. The van der Waals surface area contributed by atoms with E-state index in [-0.39, 0.29) is 18.6 Å². The highest BCUT2D eigenvalue weighted by atomic mass is 16.6. The van der Waals surface area contributed by atoms with Crippen LogP contribution in [0.15, 0.2) is 48.5 Å². The van der Waals surface area contributed by atoms with E-state index in [1.807, 2.05) is 41.3 Å². The van der Waals surface area contributed by atoms with Gasteiger partial charge in [0.05, 0.1) is 0 Å². The van der Waals surface area contributed by atoms with Gasteiger partial charge in [0.1, 0.15) is 19.8 Å². The molecule has 0 bridgehead atoms. The summed E-state index contributed by atoms with van der Waals surface area (Å²) < 4.78 is 16.3. The highest BCUT2D eigenvalue weighted by molar-refractivity contribution is 5.77. The monoisotopic (exact) mass is 369 g/mol. The fraction of sp³-hybridized carbons (Fsp3) is 0.409. The van der Waals surface area contributed by atoms with Crippen LogP contribution in [0.1, 0.15) is 24.5 Å². The first-order valence-electron chi connectivity index (χ1n) is 9.38. The zero-order chi connectivity index (χ0) is 19.1. The van der Waals surface area contributed by atoms with Gasteiger partial charge in [0, 0.05) is 19.7 Å². The van der Waals surface area contributed by atoms with E-state index in [9.17, 15) is 4.79 Å². The van der Waals surface area contributed by atoms with Gasteiger partial charge in [0.2, 0.25) is 5.91 Å². The van der Waals surface area contributed by atoms with E-state index in [0.29, 0.717) is 19.8 Å². The Bertz CT molecular complexity index is 747. The number of hydrogen-bond acceptors (Lipinski definition) is 4. The first-order valence-corrected chi connectivity index (χ1v) is 9.38. The summed E-state index contributed by atoms with van der Waals surface area (Å²) in [5.74, 6) is 1.50. The van der Waals surface area contributed by atoms with Crippen LogP contribution in [-0.2, 0) is 22.5 Å². The standard InChI is InChI=1S/C22H27NO4/c1-17(8-9-18-6-4-3-5-7-18)23(22(24)16-25-2)15-19-10-11-20-21(14-19)27-13-12-26-20/h3-7,10-11,14,17H,8-9,12-13,15-16H2,1-2H3/t17-/m1/s1. The van der Waals surface area contributed by atoms with Crippen LogP contribution < -0.4 is 9.47 Å². The fourth-order valence-corrected chi connectivity index (χ4v) is 3.26. The predicted molar refractivity (Wildman–Crippen MR) is 104 cm³/mol. The van der Waals surface area contributed by atoms with Gasteiger partial charge in [-0.15, -0.1) is 0 Å². The minimum absolute atomic E-state index is 0.00653. The van der Waals surface area contributed by atoms with Crippen LogP contribution in [0.3, 0.4) is 0 Å². The van der Waals surface area contributed by atoms with Gasteiger partial charge in [-0.3, -0.25) is 4.79 Å². The molecular formula is C22H27NO4. The molecule has 2 aromatic carbocycles. The number of benzene rings is 2. The van der Waals surface area contributed by atoms with Crippen molar-refractivity contribution in [1.82, 2.24) is 4.90 Å². The molecule has 0 fully saturated rings. The lowest BCUT2D eigenvalue weighted by molar-refractivity contribution is -0.138. The second-order valence-electron chi connectivity index (χ2n) is 6.81. The van der Waals surface area contributed by atoms with Crippen molar-refractivity contribution >= 4 is 5.91 Å². The second-order valence-corrected chi connectivity index (χ2v) is 6.81. The molecule has 27 heavy (non-hydrogen) atoms. The summed E-state index contributed by atoms with van der Waals surface area (Å²) >= 11 is 0. The van der Waals surface area contributed by atoms with Crippen LogP contribution >= 0.6 is 0 Å². The van der Waals surface area contributed by atoms with Crippen molar-refractivity contribution in [3.63, 3.8) is 0 Å². The van der Waals surface area contributed by atoms with E-state index in [1.165, 1.54) is 5.56 Å². The lowest BCUT2D eigenvalue weighted by atomic mass is 10.0. The highest BCUT2D eigenvalue weighted by Crippen LogP contribution is 2.31. The molecule has 1 heterocycles. The van der Waals surface area contributed by atoms with E-state index >= 15 is 0 Å². The molecule has 0 aliphatic carbocycles. The largest absolute Gasteiger partial charge is 0.486 e. The third-order valence-corrected chi connectivity index (χ3v) is 4.77. The zero-order valence-corrected chi connectivity index (χ0v) is 16.0. The van der Waals surface area contributed by atoms with Crippen LogP contribution in [0.25, 0.3) is 0 Å². The van der Waals surface area contributed by atoms with Gasteiger partial charge in [-0.05, 0) is 43.0 Å². The Balaban J connectivity index is 1.69. The Labute approximate surface area is 160 Å². The molecular weight excluding hydrogens is 342 g/mol. The molecule has 0 N–H and O–H groups in total. The summed E-state index contributed by atoms with van der Waals surface area (Å²) in [4.78, 5) is 14.5. The third kappa shape index (κ3) is 5.23. The summed E-state index contributed by atoms with van der Waals surface area (Å²) in [7, 11) is 1.55. The average Bonchev–Trinajstić information content (AvgIpc) is 2.71. The van der Waals surface area contributed by atoms with Gasteiger partial charge < -0.3 is 19.1 Å². The molecule has 5 nitrogen and oxygen atoms in total. The molecule has 3 rings (SSSR count). The van der Waals surface area contributed by atoms with Crippen molar-refractivity contribution < 1.29 is 19.0 Å². The van der Waals surface area contributed by atoms with Crippen molar-refractivity contribution in [2.45, 2.75) is 32.4 Å². The smallest absolute Gasteiger partial charge is 0.249 e. The molecule has 1 amide bonds. The Morgan fingerprint density at radius 1 is 1.07 bits per heavy atom. The van der Waals surface area contributed by atoms with Crippen LogP contribution in [0.5, 0.6) is 11.5 Å². The van der Waals surface area contributed by atoms with E-state index in [0.717, 1.165) is 29.9 Å². The number of nitrogens with zero attached hydrogens (tertiary/aromatic N) is 1. The Morgan fingerprint density at radius 2 is 1.81 bits per heavy atom. The summed E-state index contributed by atoms with van der Waals surface area (Å²) in [6, 6.07) is 16.3. The van der Waals surface area contributed by atoms with Gasteiger partial charge in [0.15, 0.2) is 11.5 Å². The number of carbonyl (C=O) groups excluding carboxylic acids is 1. The first-order chi connectivity index (χ1) is 13.2. The lowest BCUT2D eigenvalue weighted by Crippen LogP contribution is -2.40. The molecule has 1 atom stereocenters. The normalized spacial score (nSPS) is 13.9. The maximum atomic E-state index is 12.6. The van der Waals surface area contributed by atoms with Gasteiger partial charge in [-0.1, -0.05) is 36.4 Å². The topological polar surface area (TPSA) is 48.0 Å². The Kier molecular flexibility index (Phi) is 6.71. The number of ether oxygens (including phenoxy) is 3. The molecule has 1 aliphatic rings.